The topological polar surface area (TPSA) is 21.6 Å². The molecular formula is C13H17NOS. The van der Waals surface area contributed by atoms with Crippen molar-refractivity contribution in [1.29, 1.82) is 0 Å². The number of fused-ring (bicyclic) bond motifs is 1. The normalized spacial score (nSPS) is 26.6. The second kappa shape index (κ2) is 4.50. The Balaban J connectivity index is 2.45. The molecule has 0 aliphatic heterocycles. The summed E-state index contributed by atoms with van der Waals surface area (Å²) in [5.74, 6) is 0. The minimum Gasteiger partial charge on any atom is -0.399 e. The number of rotatable bonds is 2. The first-order chi connectivity index (χ1) is 7.68. The van der Waals surface area contributed by atoms with E-state index >= 15 is 0 Å². The molecule has 2 nitrogen and oxygen atoms in total. The monoisotopic (exact) mass is 235 g/mol. The predicted octanol–water partition coefficient (Wildman–Crippen LogP) is 3.11. The zero-order chi connectivity index (χ0) is 11.6. The second-order valence-electron chi connectivity index (χ2n) is 4.39. The molecule has 1 aliphatic rings. The third-order valence-electron chi connectivity index (χ3n) is 3.13. The largest absolute Gasteiger partial charge is 0.399 e. The summed E-state index contributed by atoms with van der Waals surface area (Å²) in [6.45, 7) is 2.29. The lowest BCUT2D eigenvalue weighted by Crippen LogP contribution is -2.33. The summed E-state index contributed by atoms with van der Waals surface area (Å²) >= 11 is 1.90. The van der Waals surface area contributed by atoms with Crippen molar-refractivity contribution in [3.05, 3.63) is 35.4 Å². The molecule has 16 heavy (non-hydrogen) atoms. The zero-order valence-corrected chi connectivity index (χ0v) is 10.8. The van der Waals surface area contributed by atoms with Gasteiger partial charge in [0.15, 0.2) is 0 Å². The van der Waals surface area contributed by atoms with Crippen LogP contribution in [0.15, 0.2) is 29.4 Å². The van der Waals surface area contributed by atoms with E-state index in [1.165, 1.54) is 11.1 Å². The summed E-state index contributed by atoms with van der Waals surface area (Å²) < 4.78 is 0.242. The van der Waals surface area contributed by atoms with Crippen LogP contribution >= 0.6 is 11.8 Å². The Hall–Kier alpha value is -0.960. The van der Waals surface area contributed by atoms with E-state index in [0.717, 1.165) is 18.6 Å². The van der Waals surface area contributed by atoms with E-state index in [4.69, 9.17) is 4.84 Å². The van der Waals surface area contributed by atoms with Crippen molar-refractivity contribution in [3.8, 4) is 0 Å². The molecule has 1 atom stereocenters. The number of nitrogens with zero attached hydrogens (tertiary/aromatic N) is 1. The quantitative estimate of drug-likeness (QED) is 0.735. The van der Waals surface area contributed by atoms with Crippen molar-refractivity contribution < 1.29 is 4.84 Å². The van der Waals surface area contributed by atoms with Gasteiger partial charge in [-0.2, -0.15) is 11.8 Å². The fourth-order valence-corrected chi connectivity index (χ4v) is 2.79. The highest BCUT2D eigenvalue weighted by atomic mass is 32.2. The maximum atomic E-state index is 4.95. The smallest absolute Gasteiger partial charge is 0.106 e. The van der Waals surface area contributed by atoms with Crippen LogP contribution in [-0.2, 0) is 11.3 Å². The third-order valence-corrected chi connectivity index (χ3v) is 4.40. The van der Waals surface area contributed by atoms with E-state index in [-0.39, 0.29) is 4.75 Å². The van der Waals surface area contributed by atoms with E-state index in [2.05, 4.69) is 42.6 Å². The van der Waals surface area contributed by atoms with Crippen LogP contribution in [0.2, 0.25) is 0 Å². The summed E-state index contributed by atoms with van der Waals surface area (Å²) in [7, 11) is 1.61. The SMILES string of the molecule is CO/N=C1/CC(C)(SC)Cc2ccccc21. The minimum atomic E-state index is 0.242. The summed E-state index contributed by atoms with van der Waals surface area (Å²) in [6, 6.07) is 8.47. The molecule has 2 rings (SSSR count). The summed E-state index contributed by atoms with van der Waals surface area (Å²) in [5.41, 5.74) is 3.69. The summed E-state index contributed by atoms with van der Waals surface area (Å²) in [4.78, 5) is 4.95. The number of oxime groups is 1. The van der Waals surface area contributed by atoms with Gasteiger partial charge in [-0.15, -0.1) is 0 Å². The molecular weight excluding hydrogens is 218 g/mol. The standard InChI is InChI=1S/C13H17NOS/c1-13(16-3)8-10-6-4-5-7-11(10)12(9-13)14-15-2/h4-7H,8-9H2,1-3H3/b14-12-. The number of hydrogen-bond acceptors (Lipinski definition) is 3. The predicted molar refractivity (Wildman–Crippen MR) is 70.2 cm³/mol. The highest BCUT2D eigenvalue weighted by Gasteiger charge is 2.32. The lowest BCUT2D eigenvalue weighted by Gasteiger charge is -2.33. The molecule has 0 heterocycles. The van der Waals surface area contributed by atoms with Crippen molar-refractivity contribution >= 4 is 17.5 Å². The highest BCUT2D eigenvalue weighted by Crippen LogP contribution is 2.37. The van der Waals surface area contributed by atoms with Crippen molar-refractivity contribution in [3.63, 3.8) is 0 Å². The number of thioether (sulfide) groups is 1. The van der Waals surface area contributed by atoms with Gasteiger partial charge in [-0.1, -0.05) is 29.4 Å². The summed E-state index contributed by atoms with van der Waals surface area (Å²) in [5, 5.41) is 4.17. The van der Waals surface area contributed by atoms with E-state index in [1.54, 1.807) is 7.11 Å². The maximum absolute atomic E-state index is 4.95. The number of hydrogen-bond donors (Lipinski definition) is 0. The van der Waals surface area contributed by atoms with Crippen LogP contribution in [0.4, 0.5) is 0 Å². The van der Waals surface area contributed by atoms with E-state index in [9.17, 15) is 0 Å². The van der Waals surface area contributed by atoms with E-state index in [1.807, 2.05) is 11.8 Å². The first-order valence-corrected chi connectivity index (χ1v) is 6.64. The lowest BCUT2D eigenvalue weighted by atomic mass is 9.83. The van der Waals surface area contributed by atoms with Gasteiger partial charge in [0, 0.05) is 16.7 Å². The maximum Gasteiger partial charge on any atom is 0.106 e. The molecule has 0 radical (unpaired) electrons. The van der Waals surface area contributed by atoms with Gasteiger partial charge in [0.2, 0.25) is 0 Å². The molecule has 0 saturated carbocycles. The molecule has 1 aliphatic carbocycles. The van der Waals surface area contributed by atoms with Gasteiger partial charge in [0.1, 0.15) is 7.11 Å². The zero-order valence-electron chi connectivity index (χ0n) is 9.99. The Morgan fingerprint density at radius 1 is 1.31 bits per heavy atom. The fraction of sp³-hybridized carbons (Fsp3) is 0.462. The molecule has 1 aromatic carbocycles. The Kier molecular flexibility index (Phi) is 3.24. The molecule has 0 amide bonds. The molecule has 0 bridgehead atoms. The van der Waals surface area contributed by atoms with E-state index < -0.39 is 0 Å². The molecule has 0 fully saturated rings. The van der Waals surface area contributed by atoms with Gasteiger partial charge in [-0.25, -0.2) is 0 Å². The van der Waals surface area contributed by atoms with Crippen LogP contribution in [0.1, 0.15) is 24.5 Å². The Labute approximate surface area is 101 Å². The molecule has 0 aromatic heterocycles. The molecule has 0 N–H and O–H groups in total. The van der Waals surface area contributed by atoms with Gasteiger partial charge in [0.05, 0.1) is 5.71 Å². The lowest BCUT2D eigenvalue weighted by molar-refractivity contribution is 0.212. The molecule has 0 saturated heterocycles. The Morgan fingerprint density at radius 2 is 2.06 bits per heavy atom. The van der Waals surface area contributed by atoms with Gasteiger partial charge in [-0.05, 0) is 25.2 Å². The molecule has 0 spiro atoms. The van der Waals surface area contributed by atoms with Crippen LogP contribution in [0.25, 0.3) is 0 Å². The van der Waals surface area contributed by atoms with Crippen molar-refractivity contribution in [2.75, 3.05) is 13.4 Å². The third kappa shape index (κ3) is 2.09. The second-order valence-corrected chi connectivity index (χ2v) is 5.78. The first-order valence-electron chi connectivity index (χ1n) is 5.42. The van der Waals surface area contributed by atoms with Crippen molar-refractivity contribution in [1.82, 2.24) is 0 Å². The molecule has 1 aromatic rings. The van der Waals surface area contributed by atoms with Gasteiger partial charge in [0.25, 0.3) is 0 Å². The van der Waals surface area contributed by atoms with Crippen LogP contribution in [0, 0.1) is 0 Å². The fourth-order valence-electron chi connectivity index (χ4n) is 2.21. The molecule has 1 unspecified atom stereocenters. The van der Waals surface area contributed by atoms with Crippen molar-refractivity contribution in [2.45, 2.75) is 24.5 Å². The number of benzene rings is 1. The Morgan fingerprint density at radius 3 is 2.75 bits per heavy atom. The average molecular weight is 235 g/mol. The van der Waals surface area contributed by atoms with Crippen LogP contribution in [0.3, 0.4) is 0 Å². The van der Waals surface area contributed by atoms with Crippen LogP contribution < -0.4 is 0 Å². The van der Waals surface area contributed by atoms with Crippen LogP contribution in [-0.4, -0.2) is 23.8 Å². The minimum absolute atomic E-state index is 0.242. The molecule has 86 valence electrons. The average Bonchev–Trinajstić information content (AvgIpc) is 2.29. The first kappa shape index (κ1) is 11.5. The van der Waals surface area contributed by atoms with Gasteiger partial charge in [-0.3, -0.25) is 0 Å². The summed E-state index contributed by atoms with van der Waals surface area (Å²) in [6.07, 6.45) is 4.24. The van der Waals surface area contributed by atoms with Crippen LogP contribution in [0.5, 0.6) is 0 Å². The van der Waals surface area contributed by atoms with Crippen molar-refractivity contribution in [2.24, 2.45) is 5.16 Å². The van der Waals surface area contributed by atoms with Gasteiger partial charge < -0.3 is 4.84 Å². The Bertz CT molecular complexity index is 416. The molecule has 3 heteroatoms. The van der Waals surface area contributed by atoms with E-state index in [0.29, 0.717) is 0 Å². The van der Waals surface area contributed by atoms with Gasteiger partial charge >= 0.3 is 0 Å². The highest BCUT2D eigenvalue weighted by molar-refractivity contribution is 8.00.